The Morgan fingerprint density at radius 1 is 1.20 bits per heavy atom. The molecular weight excluding hydrogens is 188 g/mol. The van der Waals surface area contributed by atoms with Gasteiger partial charge in [0.1, 0.15) is 5.71 Å². The first-order valence-electron chi connectivity index (χ1n) is 5.24. The van der Waals surface area contributed by atoms with Gasteiger partial charge in [-0.05, 0) is 12.8 Å². The van der Waals surface area contributed by atoms with E-state index in [1.807, 2.05) is 35.3 Å². The van der Waals surface area contributed by atoms with Crippen LogP contribution in [0, 0.1) is 0 Å². The van der Waals surface area contributed by atoms with Gasteiger partial charge in [0.25, 0.3) is 0 Å². The van der Waals surface area contributed by atoms with E-state index in [1.54, 1.807) is 0 Å². The van der Waals surface area contributed by atoms with Crippen molar-refractivity contribution in [3.63, 3.8) is 0 Å². The van der Waals surface area contributed by atoms with Crippen LogP contribution in [0.15, 0.2) is 35.4 Å². The average molecular weight is 202 g/mol. The van der Waals surface area contributed by atoms with Crippen molar-refractivity contribution in [3.05, 3.63) is 35.9 Å². The summed E-state index contributed by atoms with van der Waals surface area (Å²) in [6, 6.07) is 9.57. The molecule has 1 saturated heterocycles. The predicted octanol–water partition coefficient (Wildman–Crippen LogP) is 1.69. The Morgan fingerprint density at radius 2 is 1.87 bits per heavy atom. The molecule has 0 radical (unpaired) electrons. The van der Waals surface area contributed by atoms with Crippen LogP contribution < -0.4 is 0 Å². The molecule has 3 nitrogen and oxygen atoms in total. The zero-order valence-electron chi connectivity index (χ0n) is 8.60. The standard InChI is InChI=1S/C12H14N2O/c15-10-12(11-6-2-1-3-7-11)13-14-8-4-5-9-14/h1-3,6-7,10H,4-5,8-9H2/b13-12+. The van der Waals surface area contributed by atoms with Crippen molar-refractivity contribution in [2.75, 3.05) is 13.1 Å². The summed E-state index contributed by atoms with van der Waals surface area (Å²) >= 11 is 0. The number of carbonyl (C=O) groups is 1. The maximum absolute atomic E-state index is 10.9. The normalized spacial score (nSPS) is 16.8. The molecule has 0 amide bonds. The van der Waals surface area contributed by atoms with Crippen LogP contribution in [0.3, 0.4) is 0 Å². The highest BCUT2D eigenvalue weighted by Gasteiger charge is 2.10. The summed E-state index contributed by atoms with van der Waals surface area (Å²) in [7, 11) is 0. The van der Waals surface area contributed by atoms with E-state index in [0.29, 0.717) is 5.71 Å². The number of hydrazone groups is 1. The number of rotatable bonds is 3. The van der Waals surface area contributed by atoms with Crippen molar-refractivity contribution in [1.29, 1.82) is 0 Å². The van der Waals surface area contributed by atoms with Gasteiger partial charge in [-0.2, -0.15) is 5.10 Å². The minimum atomic E-state index is 0.525. The Morgan fingerprint density at radius 3 is 2.47 bits per heavy atom. The van der Waals surface area contributed by atoms with Crippen LogP contribution in [-0.2, 0) is 4.79 Å². The fourth-order valence-electron chi connectivity index (χ4n) is 1.71. The van der Waals surface area contributed by atoms with E-state index in [1.165, 1.54) is 12.8 Å². The van der Waals surface area contributed by atoms with E-state index < -0.39 is 0 Å². The van der Waals surface area contributed by atoms with E-state index in [9.17, 15) is 4.79 Å². The Labute approximate surface area is 89.4 Å². The fourth-order valence-corrected chi connectivity index (χ4v) is 1.71. The highest BCUT2D eigenvalue weighted by molar-refractivity contribution is 6.36. The second-order valence-corrected chi connectivity index (χ2v) is 3.63. The molecule has 1 aromatic carbocycles. The van der Waals surface area contributed by atoms with Gasteiger partial charge >= 0.3 is 0 Å². The summed E-state index contributed by atoms with van der Waals surface area (Å²) in [5.74, 6) is 0. The number of benzene rings is 1. The maximum atomic E-state index is 10.9. The molecule has 0 N–H and O–H groups in total. The van der Waals surface area contributed by atoms with Crippen molar-refractivity contribution in [2.24, 2.45) is 5.10 Å². The summed E-state index contributed by atoms with van der Waals surface area (Å²) in [5.41, 5.74) is 1.41. The number of hydrogen-bond acceptors (Lipinski definition) is 3. The molecule has 1 heterocycles. The van der Waals surface area contributed by atoms with Gasteiger partial charge in [0.05, 0.1) is 0 Å². The second kappa shape index (κ2) is 4.73. The molecule has 0 saturated carbocycles. The lowest BCUT2D eigenvalue weighted by atomic mass is 10.1. The molecule has 0 aliphatic carbocycles. The first kappa shape index (κ1) is 9.90. The van der Waals surface area contributed by atoms with Gasteiger partial charge in [-0.3, -0.25) is 9.80 Å². The lowest BCUT2D eigenvalue weighted by Crippen LogP contribution is -2.16. The van der Waals surface area contributed by atoms with Crippen LogP contribution in [0.1, 0.15) is 18.4 Å². The number of aldehydes is 1. The monoisotopic (exact) mass is 202 g/mol. The quantitative estimate of drug-likeness (QED) is 0.552. The third kappa shape index (κ3) is 2.43. The van der Waals surface area contributed by atoms with E-state index in [2.05, 4.69) is 5.10 Å². The Bertz CT molecular complexity index is 353. The minimum Gasteiger partial charge on any atom is -0.296 e. The van der Waals surface area contributed by atoms with Gasteiger partial charge in [0, 0.05) is 18.7 Å². The Balaban J connectivity index is 2.19. The van der Waals surface area contributed by atoms with Gasteiger partial charge in [-0.1, -0.05) is 30.3 Å². The van der Waals surface area contributed by atoms with E-state index >= 15 is 0 Å². The second-order valence-electron chi connectivity index (χ2n) is 3.63. The van der Waals surface area contributed by atoms with Crippen molar-refractivity contribution < 1.29 is 4.79 Å². The van der Waals surface area contributed by atoms with Crippen LogP contribution in [-0.4, -0.2) is 30.1 Å². The maximum Gasteiger partial charge on any atom is 0.170 e. The van der Waals surface area contributed by atoms with E-state index in [4.69, 9.17) is 0 Å². The summed E-state index contributed by atoms with van der Waals surface area (Å²) in [4.78, 5) is 10.9. The summed E-state index contributed by atoms with van der Waals surface area (Å²) in [6.45, 7) is 1.92. The zero-order valence-corrected chi connectivity index (χ0v) is 8.60. The molecule has 0 unspecified atom stereocenters. The molecule has 78 valence electrons. The molecule has 1 fully saturated rings. The topological polar surface area (TPSA) is 32.7 Å². The molecule has 3 heteroatoms. The van der Waals surface area contributed by atoms with Crippen molar-refractivity contribution >= 4 is 12.0 Å². The highest BCUT2D eigenvalue weighted by Crippen LogP contribution is 2.09. The number of nitrogens with zero attached hydrogens (tertiary/aromatic N) is 2. The third-order valence-corrected chi connectivity index (χ3v) is 2.51. The minimum absolute atomic E-state index is 0.525. The number of carbonyl (C=O) groups excluding carboxylic acids is 1. The highest BCUT2D eigenvalue weighted by atomic mass is 16.1. The smallest absolute Gasteiger partial charge is 0.170 e. The molecule has 0 spiro atoms. The first-order valence-corrected chi connectivity index (χ1v) is 5.24. The number of hydrogen-bond donors (Lipinski definition) is 0. The molecular formula is C12H14N2O. The SMILES string of the molecule is O=C/C(=N\N1CCCC1)c1ccccc1. The van der Waals surface area contributed by atoms with Crippen LogP contribution in [0.25, 0.3) is 0 Å². The predicted molar refractivity (Wildman–Crippen MR) is 59.9 cm³/mol. The lowest BCUT2D eigenvalue weighted by Gasteiger charge is -2.11. The lowest BCUT2D eigenvalue weighted by molar-refractivity contribution is -0.102. The molecule has 15 heavy (non-hydrogen) atoms. The van der Waals surface area contributed by atoms with Crippen LogP contribution in [0.2, 0.25) is 0 Å². The van der Waals surface area contributed by atoms with Gasteiger partial charge in [0.2, 0.25) is 0 Å². The largest absolute Gasteiger partial charge is 0.296 e. The molecule has 1 aromatic rings. The first-order chi connectivity index (χ1) is 7.40. The Hall–Kier alpha value is -1.64. The Kier molecular flexibility index (Phi) is 3.12. The summed E-state index contributed by atoms with van der Waals surface area (Å²) in [6.07, 6.45) is 3.17. The summed E-state index contributed by atoms with van der Waals surface area (Å²) in [5, 5.41) is 6.32. The van der Waals surface area contributed by atoms with Crippen molar-refractivity contribution in [3.8, 4) is 0 Å². The van der Waals surface area contributed by atoms with Gasteiger partial charge in [0.15, 0.2) is 6.29 Å². The van der Waals surface area contributed by atoms with Crippen molar-refractivity contribution in [1.82, 2.24) is 5.01 Å². The van der Waals surface area contributed by atoms with Crippen LogP contribution in [0.5, 0.6) is 0 Å². The van der Waals surface area contributed by atoms with Gasteiger partial charge in [-0.25, -0.2) is 0 Å². The molecule has 0 aromatic heterocycles. The van der Waals surface area contributed by atoms with Crippen molar-refractivity contribution in [2.45, 2.75) is 12.8 Å². The van der Waals surface area contributed by atoms with E-state index in [0.717, 1.165) is 24.9 Å². The molecule has 2 rings (SSSR count). The molecule has 0 bridgehead atoms. The fraction of sp³-hybridized carbons (Fsp3) is 0.333. The third-order valence-electron chi connectivity index (χ3n) is 2.51. The zero-order chi connectivity index (χ0) is 10.5. The molecule has 1 aliphatic rings. The van der Waals surface area contributed by atoms with Gasteiger partial charge in [-0.15, -0.1) is 0 Å². The van der Waals surface area contributed by atoms with Crippen LogP contribution >= 0.6 is 0 Å². The van der Waals surface area contributed by atoms with Crippen LogP contribution in [0.4, 0.5) is 0 Å². The summed E-state index contributed by atoms with van der Waals surface area (Å²) < 4.78 is 0. The van der Waals surface area contributed by atoms with Gasteiger partial charge < -0.3 is 0 Å². The molecule has 0 atom stereocenters. The van der Waals surface area contributed by atoms with E-state index in [-0.39, 0.29) is 0 Å². The average Bonchev–Trinajstić information content (AvgIpc) is 2.80. The molecule has 1 aliphatic heterocycles.